The molecule has 0 aliphatic rings. The van der Waals surface area contributed by atoms with Crippen molar-refractivity contribution in [3.63, 3.8) is 0 Å². The van der Waals surface area contributed by atoms with E-state index < -0.39 is 0 Å². The first-order valence-corrected chi connectivity index (χ1v) is 12.0. The number of imidazole rings is 1. The Morgan fingerprint density at radius 3 is 2.57 bits per heavy atom. The van der Waals surface area contributed by atoms with Crippen LogP contribution in [0.25, 0.3) is 21.8 Å². The van der Waals surface area contributed by atoms with Crippen LogP contribution in [-0.4, -0.2) is 22.1 Å². The molecule has 1 N–H and O–H groups in total. The Morgan fingerprint density at radius 2 is 1.69 bits per heavy atom. The summed E-state index contributed by atoms with van der Waals surface area (Å²) in [6.45, 7) is 5.26. The monoisotopic (exact) mass is 463 g/mol. The molecule has 4 aromatic carbocycles. The molecule has 5 rings (SSSR count). The second-order valence-electron chi connectivity index (χ2n) is 8.80. The highest BCUT2D eigenvalue weighted by Crippen LogP contribution is 2.26. The maximum Gasteiger partial charge on any atom is 0.252 e. The first kappa shape index (κ1) is 22.7. The van der Waals surface area contributed by atoms with E-state index in [2.05, 4.69) is 34.1 Å². The number of benzene rings is 4. The molecule has 0 aliphatic heterocycles. The van der Waals surface area contributed by atoms with Crippen LogP contribution >= 0.6 is 0 Å². The highest BCUT2D eigenvalue weighted by Gasteiger charge is 2.19. The van der Waals surface area contributed by atoms with Crippen LogP contribution < -0.4 is 10.1 Å². The Labute approximate surface area is 205 Å². The van der Waals surface area contributed by atoms with Crippen molar-refractivity contribution in [2.75, 3.05) is 6.61 Å². The Balaban J connectivity index is 1.32. The fourth-order valence-corrected chi connectivity index (χ4v) is 4.55. The number of amides is 1. The minimum Gasteiger partial charge on any atom is -0.493 e. The molecule has 0 bridgehead atoms. The first-order valence-electron chi connectivity index (χ1n) is 12.0. The van der Waals surface area contributed by atoms with Crippen LogP contribution in [0.1, 0.15) is 41.1 Å². The van der Waals surface area contributed by atoms with E-state index in [1.54, 1.807) is 0 Å². The molecule has 1 atom stereocenters. The molecule has 1 aromatic heterocycles. The SMILES string of the molecule is Cc1ccccc1C(=O)NC(C)c1nc2ccccc2n1CCCOc1cccc2ccccc12. The van der Waals surface area contributed by atoms with Gasteiger partial charge >= 0.3 is 0 Å². The molecular formula is C30H29N3O2. The first-order chi connectivity index (χ1) is 17.1. The number of hydrogen-bond acceptors (Lipinski definition) is 3. The summed E-state index contributed by atoms with van der Waals surface area (Å²) in [5.41, 5.74) is 3.63. The van der Waals surface area contributed by atoms with Crippen molar-refractivity contribution in [3.8, 4) is 5.75 Å². The van der Waals surface area contributed by atoms with Gasteiger partial charge in [-0.3, -0.25) is 4.79 Å². The molecule has 5 nitrogen and oxygen atoms in total. The number of nitrogens with one attached hydrogen (secondary N) is 1. The van der Waals surface area contributed by atoms with Gasteiger partial charge in [0.1, 0.15) is 11.6 Å². The summed E-state index contributed by atoms with van der Waals surface area (Å²) in [7, 11) is 0. The summed E-state index contributed by atoms with van der Waals surface area (Å²) in [6, 6.07) is 29.9. The number of aryl methyl sites for hydroxylation is 2. The van der Waals surface area contributed by atoms with Gasteiger partial charge in [0, 0.05) is 17.5 Å². The Hall–Kier alpha value is -4.12. The van der Waals surface area contributed by atoms with Gasteiger partial charge in [0.25, 0.3) is 5.91 Å². The number of hydrogen-bond donors (Lipinski definition) is 1. The summed E-state index contributed by atoms with van der Waals surface area (Å²) in [4.78, 5) is 17.8. The second-order valence-corrected chi connectivity index (χ2v) is 8.80. The molecule has 0 fully saturated rings. The molecule has 5 aromatic rings. The molecule has 0 radical (unpaired) electrons. The fourth-order valence-electron chi connectivity index (χ4n) is 4.55. The zero-order valence-corrected chi connectivity index (χ0v) is 20.1. The number of rotatable bonds is 8. The average molecular weight is 464 g/mol. The van der Waals surface area contributed by atoms with Crippen LogP contribution in [0.2, 0.25) is 0 Å². The van der Waals surface area contributed by atoms with E-state index in [1.165, 1.54) is 5.39 Å². The number of carbonyl (C=O) groups excluding carboxylic acids is 1. The summed E-state index contributed by atoms with van der Waals surface area (Å²) >= 11 is 0. The van der Waals surface area contributed by atoms with E-state index in [0.29, 0.717) is 12.2 Å². The van der Waals surface area contributed by atoms with Gasteiger partial charge in [0.15, 0.2) is 0 Å². The number of ether oxygens (including phenoxy) is 1. The summed E-state index contributed by atoms with van der Waals surface area (Å²) in [6.07, 6.45) is 0.815. The predicted molar refractivity (Wildman–Crippen MR) is 141 cm³/mol. The molecule has 0 spiro atoms. The number of fused-ring (bicyclic) bond motifs is 2. The van der Waals surface area contributed by atoms with E-state index in [0.717, 1.165) is 46.5 Å². The van der Waals surface area contributed by atoms with Crippen LogP contribution in [0.4, 0.5) is 0 Å². The van der Waals surface area contributed by atoms with E-state index in [-0.39, 0.29) is 11.9 Å². The van der Waals surface area contributed by atoms with Crippen molar-refractivity contribution in [2.45, 2.75) is 32.9 Å². The van der Waals surface area contributed by atoms with Crippen molar-refractivity contribution >= 4 is 27.7 Å². The smallest absolute Gasteiger partial charge is 0.252 e. The lowest BCUT2D eigenvalue weighted by atomic mass is 10.1. The van der Waals surface area contributed by atoms with Crippen LogP contribution in [-0.2, 0) is 6.54 Å². The van der Waals surface area contributed by atoms with E-state index in [1.807, 2.05) is 80.6 Å². The lowest BCUT2D eigenvalue weighted by Crippen LogP contribution is -2.29. The normalized spacial score (nSPS) is 12.1. The van der Waals surface area contributed by atoms with Gasteiger partial charge in [0.05, 0.1) is 23.7 Å². The van der Waals surface area contributed by atoms with Gasteiger partial charge in [-0.05, 0) is 55.5 Å². The largest absolute Gasteiger partial charge is 0.493 e. The quantitative estimate of drug-likeness (QED) is 0.269. The molecule has 0 saturated heterocycles. The number of aromatic nitrogens is 2. The Bertz CT molecular complexity index is 1480. The van der Waals surface area contributed by atoms with Gasteiger partial charge in [-0.2, -0.15) is 0 Å². The van der Waals surface area contributed by atoms with E-state index in [4.69, 9.17) is 9.72 Å². The molecule has 1 amide bonds. The van der Waals surface area contributed by atoms with Gasteiger partial charge in [-0.15, -0.1) is 0 Å². The van der Waals surface area contributed by atoms with Crippen molar-refractivity contribution < 1.29 is 9.53 Å². The zero-order chi connectivity index (χ0) is 24.2. The second kappa shape index (κ2) is 10.0. The summed E-state index contributed by atoms with van der Waals surface area (Å²) in [5.74, 6) is 1.66. The molecule has 35 heavy (non-hydrogen) atoms. The highest BCUT2D eigenvalue weighted by atomic mass is 16.5. The molecule has 176 valence electrons. The lowest BCUT2D eigenvalue weighted by Gasteiger charge is -2.17. The molecule has 1 unspecified atom stereocenters. The van der Waals surface area contributed by atoms with Crippen molar-refractivity contribution in [3.05, 3.63) is 108 Å². The molecule has 0 saturated carbocycles. The van der Waals surface area contributed by atoms with E-state index >= 15 is 0 Å². The molecule has 1 heterocycles. The summed E-state index contributed by atoms with van der Waals surface area (Å²) < 4.78 is 8.36. The molecular weight excluding hydrogens is 434 g/mol. The van der Waals surface area contributed by atoms with E-state index in [9.17, 15) is 4.79 Å². The number of nitrogens with zero attached hydrogens (tertiary/aromatic N) is 2. The lowest BCUT2D eigenvalue weighted by molar-refractivity contribution is 0.0937. The Kier molecular flexibility index (Phi) is 6.49. The number of carbonyl (C=O) groups is 1. The van der Waals surface area contributed by atoms with Crippen LogP contribution in [0.5, 0.6) is 5.75 Å². The van der Waals surface area contributed by atoms with Crippen LogP contribution in [0, 0.1) is 6.92 Å². The number of para-hydroxylation sites is 2. The third kappa shape index (κ3) is 4.76. The van der Waals surface area contributed by atoms with Gasteiger partial charge in [0.2, 0.25) is 0 Å². The average Bonchev–Trinajstić information content (AvgIpc) is 3.25. The van der Waals surface area contributed by atoms with Gasteiger partial charge < -0.3 is 14.6 Å². The Morgan fingerprint density at radius 1 is 0.943 bits per heavy atom. The third-order valence-electron chi connectivity index (χ3n) is 6.34. The molecule has 0 aliphatic carbocycles. The molecule has 5 heteroatoms. The van der Waals surface area contributed by atoms with Gasteiger partial charge in [-0.25, -0.2) is 4.98 Å². The maximum absolute atomic E-state index is 12.9. The topological polar surface area (TPSA) is 56.2 Å². The third-order valence-corrected chi connectivity index (χ3v) is 6.34. The van der Waals surface area contributed by atoms with Crippen molar-refractivity contribution in [1.82, 2.24) is 14.9 Å². The van der Waals surface area contributed by atoms with Crippen molar-refractivity contribution in [2.24, 2.45) is 0 Å². The van der Waals surface area contributed by atoms with Crippen molar-refractivity contribution in [1.29, 1.82) is 0 Å². The minimum atomic E-state index is -0.242. The summed E-state index contributed by atoms with van der Waals surface area (Å²) in [5, 5.41) is 5.43. The maximum atomic E-state index is 12.9. The predicted octanol–water partition coefficient (Wildman–Crippen LogP) is 6.46. The zero-order valence-electron chi connectivity index (χ0n) is 20.1. The van der Waals surface area contributed by atoms with Crippen LogP contribution in [0.3, 0.4) is 0 Å². The minimum absolute atomic E-state index is 0.0894. The standard InChI is InChI=1S/C30H29N3O2/c1-21-11-3-5-14-24(21)30(34)31-22(2)29-32-26-16-7-8-17-27(26)33(29)19-10-20-35-28-18-9-13-23-12-4-6-15-25(23)28/h3-9,11-18,22H,10,19-20H2,1-2H3,(H,31,34). The fraction of sp³-hybridized carbons (Fsp3) is 0.200. The highest BCUT2D eigenvalue weighted by molar-refractivity contribution is 5.95. The van der Waals surface area contributed by atoms with Crippen LogP contribution in [0.15, 0.2) is 91.0 Å². The van der Waals surface area contributed by atoms with Gasteiger partial charge in [-0.1, -0.05) is 66.7 Å².